The van der Waals surface area contributed by atoms with Crippen LogP contribution in [-0.4, -0.2) is 23.5 Å². The highest BCUT2D eigenvalue weighted by molar-refractivity contribution is 5.78. The molecule has 2 N–H and O–H groups in total. The van der Waals surface area contributed by atoms with Crippen LogP contribution < -0.4 is 10.6 Å². The molecule has 0 radical (unpaired) electrons. The van der Waals surface area contributed by atoms with Crippen LogP contribution in [0.3, 0.4) is 0 Å². The largest absolute Gasteiger partial charge is 0.352 e. The van der Waals surface area contributed by atoms with E-state index in [1.807, 2.05) is 0 Å². The zero-order chi connectivity index (χ0) is 9.47. The van der Waals surface area contributed by atoms with Gasteiger partial charge in [-0.3, -0.25) is 4.79 Å². The van der Waals surface area contributed by atoms with Crippen molar-refractivity contribution in [2.45, 2.75) is 57.2 Å². The van der Waals surface area contributed by atoms with Gasteiger partial charge >= 0.3 is 0 Å². The average molecular weight is 182 g/mol. The topological polar surface area (TPSA) is 41.1 Å². The molecule has 2 aliphatic rings. The van der Waals surface area contributed by atoms with Crippen molar-refractivity contribution in [2.24, 2.45) is 0 Å². The summed E-state index contributed by atoms with van der Waals surface area (Å²) in [5, 5.41) is 6.66. The Hall–Kier alpha value is -0.570. The van der Waals surface area contributed by atoms with E-state index in [9.17, 15) is 4.79 Å². The minimum absolute atomic E-state index is 0.0339. The molecule has 0 bridgehead atoms. The van der Waals surface area contributed by atoms with Gasteiger partial charge in [-0.25, -0.2) is 0 Å². The lowest BCUT2D eigenvalue weighted by atomic mass is 9.99. The van der Waals surface area contributed by atoms with Gasteiger partial charge in [-0.1, -0.05) is 0 Å². The van der Waals surface area contributed by atoms with Gasteiger partial charge in [0.1, 0.15) is 0 Å². The van der Waals surface area contributed by atoms with Crippen molar-refractivity contribution in [1.82, 2.24) is 10.6 Å². The van der Waals surface area contributed by atoms with Crippen molar-refractivity contribution >= 4 is 5.91 Å². The van der Waals surface area contributed by atoms with Crippen LogP contribution in [0.15, 0.2) is 0 Å². The fraction of sp³-hybridized carbons (Fsp3) is 0.900. The first-order valence-electron chi connectivity index (χ1n) is 5.14. The summed E-state index contributed by atoms with van der Waals surface area (Å²) in [5.74, 6) is 0.201. The van der Waals surface area contributed by atoms with Crippen molar-refractivity contribution in [3.63, 3.8) is 0 Å². The van der Waals surface area contributed by atoms with Crippen LogP contribution in [0, 0.1) is 0 Å². The maximum absolute atomic E-state index is 11.5. The first-order valence-corrected chi connectivity index (χ1v) is 5.14. The van der Waals surface area contributed by atoms with Gasteiger partial charge < -0.3 is 10.6 Å². The van der Waals surface area contributed by atoms with Gasteiger partial charge in [0.05, 0.1) is 0 Å². The molecule has 1 aliphatic carbocycles. The molecule has 0 spiro atoms. The lowest BCUT2D eigenvalue weighted by Crippen LogP contribution is -2.48. The van der Waals surface area contributed by atoms with E-state index in [0.717, 1.165) is 6.42 Å². The van der Waals surface area contributed by atoms with E-state index in [1.165, 1.54) is 12.8 Å². The van der Waals surface area contributed by atoms with E-state index >= 15 is 0 Å². The molecule has 1 aliphatic heterocycles. The predicted molar refractivity (Wildman–Crippen MR) is 51.4 cm³/mol. The molecular weight excluding hydrogens is 164 g/mol. The molecule has 3 nitrogen and oxygen atoms in total. The van der Waals surface area contributed by atoms with E-state index in [4.69, 9.17) is 0 Å². The van der Waals surface area contributed by atoms with Gasteiger partial charge in [0.15, 0.2) is 0 Å². The van der Waals surface area contributed by atoms with E-state index in [1.54, 1.807) is 0 Å². The summed E-state index contributed by atoms with van der Waals surface area (Å²) in [4.78, 5) is 11.5. The molecule has 3 heteroatoms. The summed E-state index contributed by atoms with van der Waals surface area (Å²) < 4.78 is 0. The second kappa shape index (κ2) is 2.98. The summed E-state index contributed by atoms with van der Waals surface area (Å²) in [6.07, 6.45) is 4.17. The molecule has 1 saturated carbocycles. The summed E-state index contributed by atoms with van der Waals surface area (Å²) in [6, 6.07) is 0.885. The normalized spacial score (nSPS) is 37.8. The van der Waals surface area contributed by atoms with Crippen LogP contribution in [-0.2, 0) is 4.79 Å². The van der Waals surface area contributed by atoms with E-state index < -0.39 is 0 Å². The molecule has 2 fully saturated rings. The van der Waals surface area contributed by atoms with Crippen LogP contribution in [0.5, 0.6) is 0 Å². The second-order valence-electron chi connectivity index (χ2n) is 4.92. The highest BCUT2D eigenvalue weighted by atomic mass is 16.1. The molecule has 1 amide bonds. The Morgan fingerprint density at radius 2 is 2.00 bits per heavy atom. The molecule has 13 heavy (non-hydrogen) atoms. The lowest BCUT2D eigenvalue weighted by Gasteiger charge is -2.27. The number of amides is 1. The molecule has 0 aromatic rings. The molecule has 1 saturated heterocycles. The summed E-state index contributed by atoms with van der Waals surface area (Å²) in [6.45, 7) is 4.21. The fourth-order valence-corrected chi connectivity index (χ4v) is 2.52. The second-order valence-corrected chi connectivity index (χ2v) is 4.92. The number of hydrogen-bond acceptors (Lipinski definition) is 2. The van der Waals surface area contributed by atoms with E-state index in [-0.39, 0.29) is 11.4 Å². The zero-order valence-electron chi connectivity index (χ0n) is 8.39. The number of carbonyl (C=O) groups is 1. The molecule has 2 atom stereocenters. The Kier molecular flexibility index (Phi) is 2.06. The molecule has 1 heterocycles. The zero-order valence-corrected chi connectivity index (χ0v) is 8.39. The SMILES string of the molecule is CC1(C)CC(=O)N[C@@H]2CCC[C@@H]2N1. The lowest BCUT2D eigenvalue weighted by molar-refractivity contribution is -0.122. The smallest absolute Gasteiger partial charge is 0.222 e. The maximum Gasteiger partial charge on any atom is 0.222 e. The molecule has 0 unspecified atom stereocenters. The first kappa shape index (κ1) is 9.00. The van der Waals surface area contributed by atoms with E-state index in [2.05, 4.69) is 24.5 Å². The minimum Gasteiger partial charge on any atom is -0.352 e. The highest BCUT2D eigenvalue weighted by Gasteiger charge is 2.37. The number of fused-ring (bicyclic) bond motifs is 1. The number of nitrogens with one attached hydrogen (secondary N) is 2. The van der Waals surface area contributed by atoms with Crippen molar-refractivity contribution in [3.05, 3.63) is 0 Å². The van der Waals surface area contributed by atoms with Crippen LogP contribution in [0.2, 0.25) is 0 Å². The standard InChI is InChI=1S/C10H18N2O/c1-10(2)6-9(13)11-7-4-3-5-8(7)12-10/h7-8,12H,3-6H2,1-2H3,(H,11,13)/t7-,8+/m1/s1. The third-order valence-electron chi connectivity index (χ3n) is 3.04. The van der Waals surface area contributed by atoms with Gasteiger partial charge in [-0.05, 0) is 33.1 Å². The van der Waals surface area contributed by atoms with Gasteiger partial charge in [-0.15, -0.1) is 0 Å². The minimum atomic E-state index is -0.0339. The molecule has 2 rings (SSSR count). The maximum atomic E-state index is 11.5. The number of rotatable bonds is 0. The van der Waals surface area contributed by atoms with Gasteiger partial charge in [0.2, 0.25) is 5.91 Å². The Morgan fingerprint density at radius 1 is 1.31 bits per heavy atom. The predicted octanol–water partition coefficient (Wildman–Crippen LogP) is 0.796. The van der Waals surface area contributed by atoms with Gasteiger partial charge in [0, 0.05) is 24.0 Å². The number of hydrogen-bond donors (Lipinski definition) is 2. The Morgan fingerprint density at radius 3 is 2.77 bits per heavy atom. The average Bonchev–Trinajstić information content (AvgIpc) is 2.30. The molecular formula is C10H18N2O. The van der Waals surface area contributed by atoms with Crippen LogP contribution in [0.25, 0.3) is 0 Å². The van der Waals surface area contributed by atoms with Crippen LogP contribution in [0.4, 0.5) is 0 Å². The molecule has 0 aromatic heterocycles. The van der Waals surface area contributed by atoms with Crippen LogP contribution >= 0.6 is 0 Å². The van der Waals surface area contributed by atoms with Gasteiger partial charge in [-0.2, -0.15) is 0 Å². The third kappa shape index (κ3) is 1.85. The third-order valence-corrected chi connectivity index (χ3v) is 3.04. The molecule has 0 aromatic carbocycles. The Labute approximate surface area is 79.3 Å². The van der Waals surface area contributed by atoms with E-state index in [0.29, 0.717) is 18.5 Å². The summed E-state index contributed by atoms with van der Waals surface area (Å²) >= 11 is 0. The molecule has 74 valence electrons. The number of carbonyl (C=O) groups excluding carboxylic acids is 1. The highest BCUT2D eigenvalue weighted by Crippen LogP contribution is 2.25. The summed E-state index contributed by atoms with van der Waals surface area (Å²) in [5.41, 5.74) is -0.0339. The van der Waals surface area contributed by atoms with Gasteiger partial charge in [0.25, 0.3) is 0 Å². The quantitative estimate of drug-likeness (QED) is 0.581. The monoisotopic (exact) mass is 182 g/mol. The van der Waals surface area contributed by atoms with Crippen molar-refractivity contribution in [3.8, 4) is 0 Å². The Bertz CT molecular complexity index is 225. The van der Waals surface area contributed by atoms with Crippen molar-refractivity contribution < 1.29 is 4.79 Å². The van der Waals surface area contributed by atoms with Crippen molar-refractivity contribution in [1.29, 1.82) is 0 Å². The van der Waals surface area contributed by atoms with Crippen LogP contribution in [0.1, 0.15) is 39.5 Å². The Balaban J connectivity index is 2.14. The first-order chi connectivity index (χ1) is 6.07. The fourth-order valence-electron chi connectivity index (χ4n) is 2.52. The summed E-state index contributed by atoms with van der Waals surface area (Å²) in [7, 11) is 0. The van der Waals surface area contributed by atoms with Crippen molar-refractivity contribution in [2.75, 3.05) is 0 Å².